The summed E-state index contributed by atoms with van der Waals surface area (Å²) in [7, 11) is 0. The number of para-hydroxylation sites is 1. The fourth-order valence-electron chi connectivity index (χ4n) is 3.01. The van der Waals surface area contributed by atoms with Gasteiger partial charge in [0.05, 0.1) is 11.3 Å². The number of anilines is 2. The number of aromatic nitrogens is 2. The highest BCUT2D eigenvalue weighted by molar-refractivity contribution is 8.00. The number of carbonyl (C=O) groups excluding carboxylic acids is 1. The molecule has 1 heterocycles. The third-order valence-electron chi connectivity index (χ3n) is 4.29. The van der Waals surface area contributed by atoms with Gasteiger partial charge in [-0.05, 0) is 51.1 Å². The van der Waals surface area contributed by atoms with Gasteiger partial charge in [-0.25, -0.2) is 9.97 Å². The highest BCUT2D eigenvalue weighted by atomic mass is 32.2. The number of hydrogen-bond acceptors (Lipinski definition) is 5. The Labute approximate surface area is 164 Å². The molecule has 3 rings (SSSR count). The van der Waals surface area contributed by atoms with Crippen molar-refractivity contribution in [1.82, 2.24) is 9.97 Å². The molecule has 0 radical (unpaired) electrons. The van der Waals surface area contributed by atoms with Crippen molar-refractivity contribution >= 4 is 39.9 Å². The molecule has 140 valence electrons. The van der Waals surface area contributed by atoms with Gasteiger partial charge in [-0.3, -0.25) is 4.79 Å². The molecule has 2 aromatic carbocycles. The van der Waals surface area contributed by atoms with E-state index >= 15 is 0 Å². The van der Waals surface area contributed by atoms with Gasteiger partial charge in [0.1, 0.15) is 11.4 Å². The summed E-state index contributed by atoms with van der Waals surface area (Å²) in [5.74, 6) is 0.252. The van der Waals surface area contributed by atoms with E-state index in [4.69, 9.17) is 0 Å². The number of fused-ring (bicyclic) bond motifs is 1. The molecule has 1 aromatic heterocycles. The van der Waals surface area contributed by atoms with E-state index in [-0.39, 0.29) is 5.91 Å². The monoisotopic (exact) mass is 380 g/mol. The van der Waals surface area contributed by atoms with Gasteiger partial charge < -0.3 is 10.2 Å². The smallest absolute Gasteiger partial charge is 0.234 e. The zero-order chi connectivity index (χ0) is 19.2. The maximum atomic E-state index is 12.3. The lowest BCUT2D eigenvalue weighted by molar-refractivity contribution is -0.113. The molecule has 0 aliphatic carbocycles. The van der Waals surface area contributed by atoms with E-state index in [0.29, 0.717) is 11.8 Å². The van der Waals surface area contributed by atoms with Crippen LogP contribution in [0.3, 0.4) is 0 Å². The molecule has 0 fully saturated rings. The Morgan fingerprint density at radius 3 is 2.56 bits per heavy atom. The fourth-order valence-corrected chi connectivity index (χ4v) is 3.80. The van der Waals surface area contributed by atoms with Crippen LogP contribution in [0, 0.1) is 0 Å². The SMILES string of the molecule is CCN(c1ccc(NC(=O)CSc2ncnc3ccccc23)cc1)C(C)C. The molecule has 0 spiro atoms. The van der Waals surface area contributed by atoms with Crippen LogP contribution in [0.15, 0.2) is 59.9 Å². The van der Waals surface area contributed by atoms with Crippen molar-refractivity contribution in [2.75, 3.05) is 22.5 Å². The Morgan fingerprint density at radius 1 is 1.11 bits per heavy atom. The van der Waals surface area contributed by atoms with Crippen molar-refractivity contribution in [3.05, 3.63) is 54.9 Å². The van der Waals surface area contributed by atoms with Gasteiger partial charge in [0, 0.05) is 29.3 Å². The molecule has 27 heavy (non-hydrogen) atoms. The highest BCUT2D eigenvalue weighted by Gasteiger charge is 2.10. The van der Waals surface area contributed by atoms with Crippen molar-refractivity contribution in [1.29, 1.82) is 0 Å². The summed E-state index contributed by atoms with van der Waals surface area (Å²) >= 11 is 1.42. The summed E-state index contributed by atoms with van der Waals surface area (Å²) in [6.45, 7) is 7.44. The summed E-state index contributed by atoms with van der Waals surface area (Å²) in [4.78, 5) is 23.2. The Morgan fingerprint density at radius 2 is 1.85 bits per heavy atom. The van der Waals surface area contributed by atoms with E-state index in [9.17, 15) is 4.79 Å². The van der Waals surface area contributed by atoms with E-state index in [2.05, 4.69) is 41.0 Å². The Kier molecular flexibility index (Phi) is 6.29. The van der Waals surface area contributed by atoms with Crippen molar-refractivity contribution in [3.63, 3.8) is 0 Å². The molecular formula is C21H24N4OS. The van der Waals surface area contributed by atoms with Crippen molar-refractivity contribution in [2.45, 2.75) is 31.8 Å². The largest absolute Gasteiger partial charge is 0.369 e. The molecule has 1 amide bonds. The van der Waals surface area contributed by atoms with Crippen LogP contribution in [-0.4, -0.2) is 34.2 Å². The standard InChI is InChI=1S/C21H24N4OS/c1-4-25(15(2)3)17-11-9-16(10-12-17)24-20(26)13-27-21-18-7-5-6-8-19(18)22-14-23-21/h5-12,14-15H,4,13H2,1-3H3,(H,24,26). The van der Waals surface area contributed by atoms with E-state index in [1.54, 1.807) is 0 Å². The number of rotatable bonds is 7. The number of hydrogen-bond donors (Lipinski definition) is 1. The number of nitrogens with one attached hydrogen (secondary N) is 1. The Balaban J connectivity index is 1.61. The third kappa shape index (κ3) is 4.77. The Bertz CT molecular complexity index is 906. The molecule has 0 atom stereocenters. The lowest BCUT2D eigenvalue weighted by atomic mass is 10.2. The summed E-state index contributed by atoms with van der Waals surface area (Å²) in [6.07, 6.45) is 1.54. The van der Waals surface area contributed by atoms with Crippen LogP contribution in [0.1, 0.15) is 20.8 Å². The number of amides is 1. The summed E-state index contributed by atoms with van der Waals surface area (Å²) in [6, 6.07) is 16.2. The molecule has 0 unspecified atom stereocenters. The highest BCUT2D eigenvalue weighted by Crippen LogP contribution is 2.24. The van der Waals surface area contributed by atoms with Gasteiger partial charge >= 0.3 is 0 Å². The third-order valence-corrected chi connectivity index (χ3v) is 5.30. The first-order valence-electron chi connectivity index (χ1n) is 9.07. The van der Waals surface area contributed by atoms with Gasteiger partial charge in [-0.15, -0.1) is 0 Å². The Hall–Kier alpha value is -2.60. The predicted molar refractivity (Wildman–Crippen MR) is 113 cm³/mol. The minimum absolute atomic E-state index is 0.0494. The van der Waals surface area contributed by atoms with Crippen LogP contribution in [0.2, 0.25) is 0 Å². The van der Waals surface area contributed by atoms with Gasteiger partial charge in [0.25, 0.3) is 0 Å². The minimum atomic E-state index is -0.0494. The second-order valence-corrected chi connectivity index (χ2v) is 7.42. The van der Waals surface area contributed by atoms with Crippen LogP contribution in [-0.2, 0) is 4.79 Å². The number of nitrogens with zero attached hydrogens (tertiary/aromatic N) is 3. The van der Waals surface area contributed by atoms with Crippen molar-refractivity contribution in [2.24, 2.45) is 0 Å². The number of thioether (sulfide) groups is 1. The first-order chi connectivity index (χ1) is 13.1. The number of carbonyl (C=O) groups is 1. The normalized spacial score (nSPS) is 11.0. The first kappa shape index (κ1) is 19.2. The van der Waals surface area contributed by atoms with Crippen molar-refractivity contribution < 1.29 is 4.79 Å². The maximum Gasteiger partial charge on any atom is 0.234 e. The maximum absolute atomic E-state index is 12.3. The zero-order valence-electron chi connectivity index (χ0n) is 15.8. The molecule has 0 saturated carbocycles. The van der Waals surface area contributed by atoms with E-state index in [0.717, 1.165) is 33.8 Å². The van der Waals surface area contributed by atoms with Gasteiger partial charge in [-0.1, -0.05) is 30.0 Å². The predicted octanol–water partition coefficient (Wildman–Crippen LogP) is 4.60. The quantitative estimate of drug-likeness (QED) is 0.480. The zero-order valence-corrected chi connectivity index (χ0v) is 16.7. The van der Waals surface area contributed by atoms with Crippen LogP contribution in [0.25, 0.3) is 10.9 Å². The molecule has 6 heteroatoms. The van der Waals surface area contributed by atoms with Crippen LogP contribution in [0.5, 0.6) is 0 Å². The average Bonchev–Trinajstić information content (AvgIpc) is 2.68. The molecule has 0 aliphatic heterocycles. The summed E-state index contributed by atoms with van der Waals surface area (Å²) < 4.78 is 0. The molecule has 0 bridgehead atoms. The molecular weight excluding hydrogens is 356 g/mol. The van der Waals surface area contributed by atoms with Gasteiger partial charge in [0.15, 0.2) is 0 Å². The second-order valence-electron chi connectivity index (χ2n) is 6.46. The van der Waals surface area contributed by atoms with Gasteiger partial charge in [0.2, 0.25) is 5.91 Å². The van der Waals surface area contributed by atoms with Gasteiger partial charge in [-0.2, -0.15) is 0 Å². The topological polar surface area (TPSA) is 58.1 Å². The summed E-state index contributed by atoms with van der Waals surface area (Å²) in [5, 5.41) is 4.74. The lowest BCUT2D eigenvalue weighted by Gasteiger charge is -2.27. The summed E-state index contributed by atoms with van der Waals surface area (Å²) in [5.41, 5.74) is 2.85. The first-order valence-corrected chi connectivity index (χ1v) is 10.1. The molecule has 5 nitrogen and oxygen atoms in total. The minimum Gasteiger partial charge on any atom is -0.369 e. The van der Waals surface area contributed by atoms with Crippen LogP contribution >= 0.6 is 11.8 Å². The molecule has 0 saturated heterocycles. The second kappa shape index (κ2) is 8.86. The lowest BCUT2D eigenvalue weighted by Crippen LogP contribution is -2.30. The molecule has 0 aliphatic rings. The van der Waals surface area contributed by atoms with E-state index in [1.165, 1.54) is 18.1 Å². The van der Waals surface area contributed by atoms with Crippen molar-refractivity contribution in [3.8, 4) is 0 Å². The van der Waals surface area contributed by atoms with E-state index in [1.807, 2.05) is 48.5 Å². The fraction of sp³-hybridized carbons (Fsp3) is 0.286. The van der Waals surface area contributed by atoms with E-state index < -0.39 is 0 Å². The van der Waals surface area contributed by atoms with Crippen LogP contribution < -0.4 is 10.2 Å². The molecule has 1 N–H and O–H groups in total. The molecule has 3 aromatic rings. The average molecular weight is 381 g/mol. The number of benzene rings is 2. The van der Waals surface area contributed by atoms with Crippen LogP contribution in [0.4, 0.5) is 11.4 Å².